The van der Waals surface area contributed by atoms with Gasteiger partial charge in [0.1, 0.15) is 0 Å². The van der Waals surface area contributed by atoms with E-state index in [2.05, 4.69) is 19.8 Å². The third-order valence-corrected chi connectivity index (χ3v) is 7.71. The van der Waals surface area contributed by atoms with Gasteiger partial charge >= 0.3 is 0 Å². The maximum absolute atomic E-state index is 13.0. The number of hydrogen-bond donors (Lipinski definition) is 0. The first-order chi connectivity index (χ1) is 15.7. The SMILES string of the molecule is Cc1cc(C)nc(N2CCC(N3CCCN(C(=O)c4ccc(S(C)(=O)=O)cc4)CC3)CC2)n1. The van der Waals surface area contributed by atoms with Gasteiger partial charge in [0.25, 0.3) is 5.91 Å². The molecule has 0 saturated carbocycles. The Balaban J connectivity index is 1.32. The van der Waals surface area contributed by atoms with Crippen LogP contribution in [0.15, 0.2) is 35.2 Å². The zero-order valence-corrected chi connectivity index (χ0v) is 20.5. The first kappa shape index (κ1) is 23.6. The highest BCUT2D eigenvalue weighted by Gasteiger charge is 2.28. The lowest BCUT2D eigenvalue weighted by Gasteiger charge is -2.38. The average molecular weight is 472 g/mol. The zero-order valence-electron chi connectivity index (χ0n) is 19.7. The lowest BCUT2D eigenvalue weighted by atomic mass is 10.0. The highest BCUT2D eigenvalue weighted by molar-refractivity contribution is 7.90. The van der Waals surface area contributed by atoms with Gasteiger partial charge in [0.15, 0.2) is 9.84 Å². The van der Waals surface area contributed by atoms with E-state index in [-0.39, 0.29) is 10.8 Å². The molecule has 1 aromatic carbocycles. The van der Waals surface area contributed by atoms with Gasteiger partial charge in [-0.25, -0.2) is 18.4 Å². The number of anilines is 1. The van der Waals surface area contributed by atoms with E-state index in [0.717, 1.165) is 69.3 Å². The number of aromatic nitrogens is 2. The molecule has 2 fully saturated rings. The minimum atomic E-state index is -3.26. The number of carbonyl (C=O) groups excluding carboxylic acids is 1. The van der Waals surface area contributed by atoms with Gasteiger partial charge in [-0.3, -0.25) is 9.69 Å². The van der Waals surface area contributed by atoms with Gasteiger partial charge in [0, 0.05) is 68.5 Å². The van der Waals surface area contributed by atoms with Crippen LogP contribution in [0.25, 0.3) is 0 Å². The topological polar surface area (TPSA) is 86.7 Å². The van der Waals surface area contributed by atoms with Gasteiger partial charge in [-0.1, -0.05) is 0 Å². The number of benzene rings is 1. The van der Waals surface area contributed by atoms with E-state index in [9.17, 15) is 13.2 Å². The van der Waals surface area contributed by atoms with Crippen molar-refractivity contribution >= 4 is 21.7 Å². The molecule has 3 heterocycles. The Morgan fingerprint density at radius 1 is 0.909 bits per heavy atom. The van der Waals surface area contributed by atoms with Crippen LogP contribution in [-0.2, 0) is 9.84 Å². The third kappa shape index (κ3) is 5.70. The van der Waals surface area contributed by atoms with Crippen molar-refractivity contribution in [2.75, 3.05) is 50.4 Å². The van der Waals surface area contributed by atoms with Gasteiger partial charge in [-0.05, 0) is 63.4 Å². The molecule has 4 rings (SSSR count). The Morgan fingerprint density at radius 2 is 1.55 bits per heavy atom. The molecule has 0 bridgehead atoms. The highest BCUT2D eigenvalue weighted by Crippen LogP contribution is 2.22. The van der Waals surface area contributed by atoms with Crippen LogP contribution in [0.1, 0.15) is 41.0 Å². The summed E-state index contributed by atoms with van der Waals surface area (Å²) in [4.78, 5) is 29.2. The maximum Gasteiger partial charge on any atom is 0.253 e. The molecule has 0 radical (unpaired) electrons. The van der Waals surface area contributed by atoms with E-state index in [4.69, 9.17) is 0 Å². The van der Waals surface area contributed by atoms with Crippen LogP contribution in [0, 0.1) is 13.8 Å². The van der Waals surface area contributed by atoms with Gasteiger partial charge in [0.2, 0.25) is 5.95 Å². The van der Waals surface area contributed by atoms with E-state index in [1.54, 1.807) is 12.1 Å². The van der Waals surface area contributed by atoms with Crippen LogP contribution in [0.3, 0.4) is 0 Å². The summed E-state index contributed by atoms with van der Waals surface area (Å²) >= 11 is 0. The second-order valence-corrected chi connectivity index (χ2v) is 11.2. The number of sulfone groups is 1. The predicted octanol–water partition coefficient (Wildman–Crippen LogP) is 2.31. The van der Waals surface area contributed by atoms with Crippen LogP contribution in [0.5, 0.6) is 0 Å². The first-order valence-electron chi connectivity index (χ1n) is 11.6. The molecule has 0 unspecified atom stereocenters. The minimum absolute atomic E-state index is 0.0290. The highest BCUT2D eigenvalue weighted by atomic mass is 32.2. The lowest BCUT2D eigenvalue weighted by Crippen LogP contribution is -2.46. The number of nitrogens with zero attached hydrogens (tertiary/aromatic N) is 5. The van der Waals surface area contributed by atoms with Crippen molar-refractivity contribution in [2.45, 2.75) is 44.0 Å². The van der Waals surface area contributed by atoms with Crippen molar-refractivity contribution in [3.8, 4) is 0 Å². The summed E-state index contributed by atoms with van der Waals surface area (Å²) in [5.41, 5.74) is 2.54. The Kier molecular flexibility index (Phi) is 6.99. The Labute approximate surface area is 196 Å². The molecular formula is C24H33N5O3S. The summed E-state index contributed by atoms with van der Waals surface area (Å²) in [7, 11) is -3.26. The van der Waals surface area contributed by atoms with E-state index >= 15 is 0 Å². The summed E-state index contributed by atoms with van der Waals surface area (Å²) < 4.78 is 23.3. The van der Waals surface area contributed by atoms with Crippen LogP contribution in [0.4, 0.5) is 5.95 Å². The predicted molar refractivity (Wildman–Crippen MR) is 128 cm³/mol. The summed E-state index contributed by atoms with van der Waals surface area (Å²) in [6, 6.07) is 8.77. The summed E-state index contributed by atoms with van der Waals surface area (Å²) in [6.45, 7) is 9.16. The molecule has 2 aromatic rings. The fourth-order valence-corrected chi connectivity index (χ4v) is 5.44. The minimum Gasteiger partial charge on any atom is -0.341 e. The summed E-state index contributed by atoms with van der Waals surface area (Å²) in [5.74, 6) is 0.805. The molecular weight excluding hydrogens is 438 g/mol. The number of rotatable bonds is 4. The lowest BCUT2D eigenvalue weighted by molar-refractivity contribution is 0.0756. The maximum atomic E-state index is 13.0. The first-order valence-corrected chi connectivity index (χ1v) is 13.5. The normalized spacial score (nSPS) is 18.9. The molecule has 178 valence electrons. The van der Waals surface area contributed by atoms with E-state index in [0.29, 0.717) is 18.2 Å². The van der Waals surface area contributed by atoms with Crippen molar-refractivity contribution in [2.24, 2.45) is 0 Å². The summed E-state index contributed by atoms with van der Waals surface area (Å²) in [6.07, 6.45) is 4.24. The van der Waals surface area contributed by atoms with Crippen LogP contribution in [0.2, 0.25) is 0 Å². The average Bonchev–Trinajstić information content (AvgIpc) is 3.04. The van der Waals surface area contributed by atoms with E-state index in [1.165, 1.54) is 18.4 Å². The Bertz CT molecular complexity index is 1080. The largest absolute Gasteiger partial charge is 0.341 e. The smallest absolute Gasteiger partial charge is 0.253 e. The second-order valence-electron chi connectivity index (χ2n) is 9.15. The summed E-state index contributed by atoms with van der Waals surface area (Å²) in [5, 5.41) is 0. The van der Waals surface area contributed by atoms with Crippen molar-refractivity contribution in [1.29, 1.82) is 0 Å². The third-order valence-electron chi connectivity index (χ3n) is 6.58. The zero-order chi connectivity index (χ0) is 23.6. The Morgan fingerprint density at radius 3 is 2.15 bits per heavy atom. The molecule has 1 aromatic heterocycles. The van der Waals surface area contributed by atoms with E-state index in [1.807, 2.05) is 24.8 Å². The molecule has 0 N–H and O–H groups in total. The van der Waals surface area contributed by atoms with Crippen molar-refractivity contribution in [3.05, 3.63) is 47.3 Å². The van der Waals surface area contributed by atoms with Crippen LogP contribution < -0.4 is 4.90 Å². The van der Waals surface area contributed by atoms with Crippen molar-refractivity contribution < 1.29 is 13.2 Å². The molecule has 33 heavy (non-hydrogen) atoms. The number of piperidine rings is 1. The monoisotopic (exact) mass is 471 g/mol. The molecule has 8 nitrogen and oxygen atoms in total. The number of aryl methyl sites for hydroxylation is 2. The van der Waals surface area contributed by atoms with Gasteiger partial charge < -0.3 is 9.80 Å². The molecule has 2 aliphatic rings. The second kappa shape index (κ2) is 9.77. The van der Waals surface area contributed by atoms with Gasteiger partial charge in [0.05, 0.1) is 4.90 Å². The molecule has 2 aliphatic heterocycles. The van der Waals surface area contributed by atoms with E-state index < -0.39 is 9.84 Å². The quantitative estimate of drug-likeness (QED) is 0.676. The number of hydrogen-bond acceptors (Lipinski definition) is 7. The van der Waals surface area contributed by atoms with Gasteiger partial charge in [-0.15, -0.1) is 0 Å². The number of amides is 1. The van der Waals surface area contributed by atoms with Crippen LogP contribution in [-0.4, -0.2) is 85.7 Å². The van der Waals surface area contributed by atoms with Crippen molar-refractivity contribution in [1.82, 2.24) is 19.8 Å². The molecule has 0 spiro atoms. The fourth-order valence-electron chi connectivity index (χ4n) is 4.81. The fraction of sp³-hybridized carbons (Fsp3) is 0.542. The van der Waals surface area contributed by atoms with Gasteiger partial charge in [-0.2, -0.15) is 0 Å². The standard InChI is InChI=1S/C24H33N5O3S/c1-18-17-19(2)26-24(25-18)29-13-9-21(10-14-29)27-11-4-12-28(16-15-27)23(30)20-5-7-22(8-6-20)33(3,31)32/h5-8,17,21H,4,9-16H2,1-3H3. The molecule has 0 aliphatic carbocycles. The Hall–Kier alpha value is -2.52. The van der Waals surface area contributed by atoms with Crippen molar-refractivity contribution in [3.63, 3.8) is 0 Å². The molecule has 9 heteroatoms. The molecule has 0 atom stereocenters. The molecule has 1 amide bonds. The van der Waals surface area contributed by atoms with Crippen LogP contribution >= 0.6 is 0 Å². The molecule has 2 saturated heterocycles. The number of carbonyl (C=O) groups is 1.